The zero-order valence-corrected chi connectivity index (χ0v) is 18.9. The molecule has 1 aromatic heterocycles. The largest absolute Gasteiger partial charge is 0.477 e. The normalized spacial score (nSPS) is 10.5. The van der Waals surface area contributed by atoms with Crippen LogP contribution >= 0.6 is 12.4 Å². The Balaban J connectivity index is 0.00000306. The molecule has 0 aliphatic heterocycles. The molecular weight excluding hydrogens is 442 g/mol. The molecule has 0 bridgehead atoms. The van der Waals surface area contributed by atoms with Crippen LogP contribution in [-0.2, 0) is 11.3 Å². The maximum absolute atomic E-state index is 13.3. The molecule has 4 rings (SSSR count). The first-order chi connectivity index (χ1) is 15.4. The monoisotopic (exact) mass is 463 g/mol. The minimum atomic E-state index is -1.44. The second-order valence-electron chi connectivity index (χ2n) is 7.30. The number of carboxylic acids is 1. The van der Waals surface area contributed by atoms with E-state index in [1.54, 1.807) is 17.6 Å². The SMILES string of the molecule is CCn1c(OC(C)=O)c(C(=O)O)c(=O)c2cc(-c3ccccc3)c(-c3ccccc3)cc21.Cl. The number of aromatic nitrogens is 1. The Hall–Kier alpha value is -3.90. The summed E-state index contributed by atoms with van der Waals surface area (Å²) in [5.41, 5.74) is 2.78. The Labute approximate surface area is 196 Å². The Bertz CT molecular complexity index is 1400. The van der Waals surface area contributed by atoms with E-state index in [4.69, 9.17) is 4.74 Å². The predicted molar refractivity (Wildman–Crippen MR) is 130 cm³/mol. The molecule has 0 radical (unpaired) electrons. The van der Waals surface area contributed by atoms with Crippen LogP contribution in [0.4, 0.5) is 0 Å². The molecule has 1 N–H and O–H groups in total. The molecule has 6 nitrogen and oxygen atoms in total. The lowest BCUT2D eigenvalue weighted by molar-refractivity contribution is -0.132. The van der Waals surface area contributed by atoms with E-state index in [1.165, 1.54) is 6.92 Å². The fourth-order valence-corrected chi connectivity index (χ4v) is 3.93. The third kappa shape index (κ3) is 4.38. The maximum atomic E-state index is 13.3. The van der Waals surface area contributed by atoms with Crippen molar-refractivity contribution in [3.8, 4) is 28.1 Å². The van der Waals surface area contributed by atoms with Gasteiger partial charge in [0.15, 0.2) is 5.56 Å². The van der Waals surface area contributed by atoms with Crippen LogP contribution in [0.2, 0.25) is 0 Å². The summed E-state index contributed by atoms with van der Waals surface area (Å²) in [6, 6.07) is 22.9. The van der Waals surface area contributed by atoms with Crippen molar-refractivity contribution in [3.05, 3.63) is 88.6 Å². The van der Waals surface area contributed by atoms with E-state index >= 15 is 0 Å². The quantitative estimate of drug-likeness (QED) is 0.400. The van der Waals surface area contributed by atoms with Crippen molar-refractivity contribution in [2.45, 2.75) is 20.4 Å². The fraction of sp³-hybridized carbons (Fsp3) is 0.115. The van der Waals surface area contributed by atoms with Crippen molar-refractivity contribution in [3.63, 3.8) is 0 Å². The summed E-state index contributed by atoms with van der Waals surface area (Å²) in [5.74, 6) is -2.39. The molecule has 7 heteroatoms. The average molecular weight is 464 g/mol. The second-order valence-corrected chi connectivity index (χ2v) is 7.30. The van der Waals surface area contributed by atoms with Gasteiger partial charge in [-0.05, 0) is 41.3 Å². The molecule has 0 saturated heterocycles. The van der Waals surface area contributed by atoms with Gasteiger partial charge in [0.1, 0.15) is 0 Å². The van der Waals surface area contributed by atoms with E-state index in [-0.39, 0.29) is 23.7 Å². The number of pyridine rings is 1. The standard InChI is InChI=1S/C26H21NO5.ClH/c1-3-27-22-15-20(18-12-8-5-9-13-18)19(17-10-6-4-7-11-17)14-21(22)24(29)23(26(30)31)25(27)32-16(2)28;/h4-15H,3H2,1-2H3,(H,30,31);1H. The Morgan fingerprint density at radius 1 is 0.909 bits per heavy atom. The number of halogens is 1. The number of hydrogen-bond donors (Lipinski definition) is 1. The maximum Gasteiger partial charge on any atom is 0.345 e. The number of benzene rings is 3. The number of carbonyl (C=O) groups excluding carboxylic acids is 1. The van der Waals surface area contributed by atoms with Gasteiger partial charge < -0.3 is 14.4 Å². The summed E-state index contributed by atoms with van der Waals surface area (Å²) in [5, 5.41) is 10.0. The Morgan fingerprint density at radius 2 is 1.42 bits per heavy atom. The summed E-state index contributed by atoms with van der Waals surface area (Å²) in [6.45, 7) is 3.28. The van der Waals surface area contributed by atoms with Gasteiger partial charge in [0, 0.05) is 18.9 Å². The number of aromatic carboxylic acids is 1. The summed E-state index contributed by atoms with van der Waals surface area (Å²) in [4.78, 5) is 37.0. The topological polar surface area (TPSA) is 85.6 Å². The molecule has 0 saturated carbocycles. The lowest BCUT2D eigenvalue weighted by atomic mass is 9.92. The molecule has 3 aromatic carbocycles. The van der Waals surface area contributed by atoms with E-state index in [1.807, 2.05) is 66.7 Å². The highest BCUT2D eigenvalue weighted by atomic mass is 35.5. The highest BCUT2D eigenvalue weighted by Crippen LogP contribution is 2.36. The van der Waals surface area contributed by atoms with Crippen molar-refractivity contribution < 1.29 is 19.4 Å². The van der Waals surface area contributed by atoms with E-state index < -0.39 is 22.9 Å². The summed E-state index contributed by atoms with van der Waals surface area (Å²) in [7, 11) is 0. The molecule has 4 aromatic rings. The van der Waals surface area contributed by atoms with Gasteiger partial charge >= 0.3 is 11.9 Å². The lowest BCUT2D eigenvalue weighted by Gasteiger charge is -2.19. The molecule has 1 heterocycles. The number of carboxylic acid groups (broad SMARTS) is 1. The van der Waals surface area contributed by atoms with Crippen LogP contribution in [0.25, 0.3) is 33.2 Å². The average Bonchev–Trinajstić information content (AvgIpc) is 2.79. The Morgan fingerprint density at radius 3 is 1.88 bits per heavy atom. The van der Waals surface area contributed by atoms with Crippen molar-refractivity contribution in [1.29, 1.82) is 0 Å². The minimum absolute atomic E-state index is 0. The van der Waals surface area contributed by atoms with Crippen molar-refractivity contribution >= 4 is 35.2 Å². The van der Waals surface area contributed by atoms with E-state index in [0.29, 0.717) is 12.1 Å². The first-order valence-electron chi connectivity index (χ1n) is 10.2. The molecule has 0 aliphatic carbocycles. The molecule has 0 atom stereocenters. The molecular formula is C26H22ClNO5. The number of carbonyl (C=O) groups is 2. The zero-order chi connectivity index (χ0) is 22.8. The van der Waals surface area contributed by atoms with Crippen molar-refractivity contribution in [1.82, 2.24) is 4.57 Å². The van der Waals surface area contributed by atoms with Gasteiger partial charge in [-0.2, -0.15) is 0 Å². The number of ether oxygens (including phenoxy) is 1. The van der Waals surface area contributed by atoms with Crippen LogP contribution in [0.15, 0.2) is 77.6 Å². The third-order valence-electron chi connectivity index (χ3n) is 5.30. The Kier molecular flexibility index (Phi) is 6.99. The molecule has 0 unspecified atom stereocenters. The van der Waals surface area contributed by atoms with E-state index in [2.05, 4.69) is 0 Å². The predicted octanol–water partition coefficient (Wildman–Crippen LogP) is 5.40. The van der Waals surface area contributed by atoms with Crippen LogP contribution in [0.3, 0.4) is 0 Å². The first kappa shape index (κ1) is 23.8. The molecule has 0 amide bonds. The molecule has 0 fully saturated rings. The fourth-order valence-electron chi connectivity index (χ4n) is 3.93. The summed E-state index contributed by atoms with van der Waals surface area (Å²) in [6.07, 6.45) is 0. The van der Waals surface area contributed by atoms with E-state index in [0.717, 1.165) is 22.3 Å². The number of nitrogens with zero attached hydrogens (tertiary/aromatic N) is 1. The summed E-state index contributed by atoms with van der Waals surface area (Å²) < 4.78 is 6.78. The molecule has 33 heavy (non-hydrogen) atoms. The van der Waals surface area contributed by atoms with E-state index in [9.17, 15) is 19.5 Å². The third-order valence-corrected chi connectivity index (χ3v) is 5.30. The van der Waals surface area contributed by atoms with Crippen molar-refractivity contribution in [2.24, 2.45) is 0 Å². The first-order valence-corrected chi connectivity index (χ1v) is 10.2. The van der Waals surface area contributed by atoms with Gasteiger partial charge in [0.2, 0.25) is 11.3 Å². The number of esters is 1. The molecule has 0 spiro atoms. The number of rotatable bonds is 5. The molecule has 168 valence electrons. The van der Waals surface area contributed by atoms with Crippen molar-refractivity contribution in [2.75, 3.05) is 0 Å². The van der Waals surface area contributed by atoms with Gasteiger partial charge in [-0.1, -0.05) is 60.7 Å². The van der Waals surface area contributed by atoms with Gasteiger partial charge in [0.25, 0.3) is 0 Å². The number of aryl methyl sites for hydroxylation is 1. The van der Waals surface area contributed by atoms with Gasteiger partial charge in [-0.25, -0.2) is 4.79 Å². The smallest absolute Gasteiger partial charge is 0.345 e. The highest BCUT2D eigenvalue weighted by molar-refractivity contribution is 6.00. The van der Waals surface area contributed by atoms with Crippen LogP contribution < -0.4 is 10.2 Å². The van der Waals surface area contributed by atoms with Gasteiger partial charge in [-0.15, -0.1) is 12.4 Å². The van der Waals surface area contributed by atoms with Gasteiger partial charge in [-0.3, -0.25) is 9.59 Å². The lowest BCUT2D eigenvalue weighted by Crippen LogP contribution is -2.23. The zero-order valence-electron chi connectivity index (χ0n) is 18.1. The van der Waals surface area contributed by atoms with Crippen LogP contribution in [-0.4, -0.2) is 21.6 Å². The number of fused-ring (bicyclic) bond motifs is 1. The van der Waals surface area contributed by atoms with Crippen LogP contribution in [0, 0.1) is 0 Å². The minimum Gasteiger partial charge on any atom is -0.477 e. The highest BCUT2D eigenvalue weighted by Gasteiger charge is 2.25. The molecule has 0 aliphatic rings. The second kappa shape index (κ2) is 9.71. The summed E-state index contributed by atoms with van der Waals surface area (Å²) >= 11 is 0. The van der Waals surface area contributed by atoms with Crippen LogP contribution in [0.5, 0.6) is 5.88 Å². The van der Waals surface area contributed by atoms with Crippen LogP contribution in [0.1, 0.15) is 24.2 Å². The van der Waals surface area contributed by atoms with Gasteiger partial charge in [0.05, 0.1) is 5.52 Å². The number of hydrogen-bond acceptors (Lipinski definition) is 4.